The third-order valence-electron chi connectivity index (χ3n) is 5.49. The molecule has 1 aromatic rings. The van der Waals surface area contributed by atoms with E-state index in [0.29, 0.717) is 36.5 Å². The molecule has 0 spiro atoms. The Balaban J connectivity index is 2.53. The maximum Gasteiger partial charge on any atom is 0.336 e. The maximum atomic E-state index is 12.7. The zero-order valence-corrected chi connectivity index (χ0v) is 21.8. The Morgan fingerprint density at radius 1 is 0.848 bits per heavy atom. The van der Waals surface area contributed by atoms with E-state index < -0.39 is 23.2 Å². The van der Waals surface area contributed by atoms with Crippen molar-refractivity contribution in [3.63, 3.8) is 0 Å². The number of hydrogen-bond acceptors (Lipinski definition) is 8. The van der Waals surface area contributed by atoms with Crippen LogP contribution in [0.4, 0.5) is 0 Å². The van der Waals surface area contributed by atoms with Crippen LogP contribution in [0.15, 0.2) is 14.4 Å². The largest absolute Gasteiger partial charge is 0.395 e. The number of nitrogens with zero attached hydrogens (tertiary/aromatic N) is 3. The van der Waals surface area contributed by atoms with Crippen molar-refractivity contribution in [3.8, 4) is 0 Å². The van der Waals surface area contributed by atoms with E-state index in [1.807, 2.05) is 20.8 Å². The zero-order chi connectivity index (χ0) is 25.0. The van der Waals surface area contributed by atoms with E-state index in [9.17, 15) is 29.7 Å². The van der Waals surface area contributed by atoms with E-state index in [1.165, 1.54) is 0 Å². The number of rotatable bonds is 16. The lowest BCUT2D eigenvalue weighted by Gasteiger charge is -2.25. The highest BCUT2D eigenvalue weighted by molar-refractivity contribution is 7.99. The minimum Gasteiger partial charge on any atom is -0.395 e. The van der Waals surface area contributed by atoms with Crippen molar-refractivity contribution in [2.75, 3.05) is 23.9 Å². The summed E-state index contributed by atoms with van der Waals surface area (Å²) >= 11 is 5.66. The van der Waals surface area contributed by atoms with E-state index in [2.05, 4.69) is 12.6 Å². The molecule has 0 radical (unpaired) electrons. The van der Waals surface area contributed by atoms with Gasteiger partial charge in [0, 0.05) is 18.8 Å². The summed E-state index contributed by atoms with van der Waals surface area (Å²) in [6.07, 6.45) is 3.38. The van der Waals surface area contributed by atoms with Crippen LogP contribution in [-0.2, 0) is 19.6 Å². The van der Waals surface area contributed by atoms with Crippen molar-refractivity contribution in [2.24, 2.45) is 5.41 Å². The van der Waals surface area contributed by atoms with Crippen LogP contribution in [0, 0.1) is 5.41 Å². The zero-order valence-electron chi connectivity index (χ0n) is 20.1. The second-order valence-corrected chi connectivity index (χ2v) is 10.9. The Hall–Kier alpha value is -1.01. The summed E-state index contributed by atoms with van der Waals surface area (Å²) in [4.78, 5) is 37.7. The molecular formula is C22H41N3O6S2. The molecular weight excluding hydrogens is 466 g/mol. The lowest BCUT2D eigenvalue weighted by atomic mass is 9.86. The highest BCUT2D eigenvalue weighted by atomic mass is 32.2. The molecule has 11 heteroatoms. The van der Waals surface area contributed by atoms with Crippen molar-refractivity contribution in [1.82, 2.24) is 13.7 Å². The molecule has 0 aromatic carbocycles. The first-order valence-electron chi connectivity index (χ1n) is 11.6. The van der Waals surface area contributed by atoms with Gasteiger partial charge in [0.1, 0.15) is 0 Å². The molecule has 0 fully saturated rings. The van der Waals surface area contributed by atoms with Crippen LogP contribution in [0.1, 0.15) is 59.3 Å². The van der Waals surface area contributed by atoms with Gasteiger partial charge in [-0.25, -0.2) is 28.1 Å². The fourth-order valence-corrected chi connectivity index (χ4v) is 4.44. The molecule has 1 rings (SSSR count). The van der Waals surface area contributed by atoms with E-state index >= 15 is 0 Å². The van der Waals surface area contributed by atoms with Gasteiger partial charge in [-0.2, -0.15) is 24.4 Å². The molecule has 1 aromatic heterocycles. The summed E-state index contributed by atoms with van der Waals surface area (Å²) < 4.78 is 2.97. The molecule has 0 aliphatic carbocycles. The van der Waals surface area contributed by atoms with Gasteiger partial charge in [0.2, 0.25) is 0 Å². The third kappa shape index (κ3) is 10.0. The first-order valence-corrected chi connectivity index (χ1v) is 13.4. The summed E-state index contributed by atoms with van der Waals surface area (Å²) in [5, 5.41) is 29.4. The van der Waals surface area contributed by atoms with E-state index in [-0.39, 0.29) is 37.8 Å². The van der Waals surface area contributed by atoms with Gasteiger partial charge in [-0.15, -0.1) is 0 Å². The predicted molar refractivity (Wildman–Crippen MR) is 137 cm³/mol. The van der Waals surface area contributed by atoms with Gasteiger partial charge in [-0.1, -0.05) is 33.6 Å². The summed E-state index contributed by atoms with van der Waals surface area (Å²) in [7, 11) is 0. The average molecular weight is 508 g/mol. The highest BCUT2D eigenvalue weighted by Crippen LogP contribution is 2.23. The molecule has 2 atom stereocenters. The second kappa shape index (κ2) is 15.1. The molecule has 0 amide bonds. The Kier molecular flexibility index (Phi) is 13.7. The summed E-state index contributed by atoms with van der Waals surface area (Å²) in [5.41, 5.74) is -2.17. The summed E-state index contributed by atoms with van der Waals surface area (Å²) in [6.45, 7) is 5.83. The summed E-state index contributed by atoms with van der Waals surface area (Å²) in [6, 6.07) is 0. The SMILES string of the molecule is CC(C)(C)C(O)CCCCC(O)CSCCCn1c(=O)n(CCO)c(=O)n(CCCS)c1=O. The minimum absolute atomic E-state index is 0.127. The van der Waals surface area contributed by atoms with Gasteiger partial charge in [0.15, 0.2) is 0 Å². The third-order valence-corrected chi connectivity index (χ3v) is 7.01. The van der Waals surface area contributed by atoms with Crippen molar-refractivity contribution in [2.45, 2.75) is 91.1 Å². The normalized spacial score (nSPS) is 13.9. The van der Waals surface area contributed by atoms with Gasteiger partial charge in [-0.3, -0.25) is 0 Å². The minimum atomic E-state index is -0.705. The van der Waals surface area contributed by atoms with Gasteiger partial charge < -0.3 is 15.3 Å². The van der Waals surface area contributed by atoms with Gasteiger partial charge in [0.25, 0.3) is 0 Å². The molecule has 0 bridgehead atoms. The number of aliphatic hydroxyl groups is 3. The molecule has 0 aliphatic rings. The first-order chi connectivity index (χ1) is 15.5. The van der Waals surface area contributed by atoms with Crippen LogP contribution in [0.2, 0.25) is 0 Å². The molecule has 2 unspecified atom stereocenters. The van der Waals surface area contributed by atoms with E-state index in [1.54, 1.807) is 11.8 Å². The van der Waals surface area contributed by atoms with Crippen LogP contribution in [0.25, 0.3) is 0 Å². The van der Waals surface area contributed by atoms with E-state index in [4.69, 9.17) is 0 Å². The van der Waals surface area contributed by atoms with Crippen LogP contribution in [0.3, 0.4) is 0 Å². The molecule has 0 aliphatic heterocycles. The molecule has 3 N–H and O–H groups in total. The average Bonchev–Trinajstić information content (AvgIpc) is 2.75. The monoisotopic (exact) mass is 507 g/mol. The second-order valence-electron chi connectivity index (χ2n) is 9.35. The van der Waals surface area contributed by atoms with Crippen LogP contribution in [0.5, 0.6) is 0 Å². The number of aliphatic hydroxyl groups excluding tert-OH is 3. The molecule has 0 saturated heterocycles. The van der Waals surface area contributed by atoms with Gasteiger partial charge >= 0.3 is 17.1 Å². The van der Waals surface area contributed by atoms with Crippen LogP contribution < -0.4 is 17.1 Å². The van der Waals surface area contributed by atoms with E-state index in [0.717, 1.165) is 33.0 Å². The smallest absolute Gasteiger partial charge is 0.336 e. The topological polar surface area (TPSA) is 127 Å². The number of thiol groups is 1. The van der Waals surface area contributed by atoms with Crippen molar-refractivity contribution < 1.29 is 15.3 Å². The Morgan fingerprint density at radius 3 is 1.88 bits per heavy atom. The molecule has 9 nitrogen and oxygen atoms in total. The number of unbranched alkanes of at least 4 members (excludes halogenated alkanes) is 1. The molecule has 1 heterocycles. The molecule has 192 valence electrons. The lowest BCUT2D eigenvalue weighted by molar-refractivity contribution is 0.0524. The number of aromatic nitrogens is 3. The van der Waals surface area contributed by atoms with Crippen molar-refractivity contribution in [1.29, 1.82) is 0 Å². The van der Waals surface area contributed by atoms with Crippen molar-refractivity contribution >= 4 is 24.4 Å². The maximum absolute atomic E-state index is 12.7. The molecule has 0 saturated carbocycles. The Bertz CT molecular complexity index is 875. The predicted octanol–water partition coefficient (Wildman–Crippen LogP) is 0.935. The highest BCUT2D eigenvalue weighted by Gasteiger charge is 2.21. The first kappa shape index (κ1) is 30.0. The molecule has 33 heavy (non-hydrogen) atoms. The number of hydrogen-bond donors (Lipinski definition) is 4. The van der Waals surface area contributed by atoms with Gasteiger partial charge in [0.05, 0.1) is 25.4 Å². The van der Waals surface area contributed by atoms with Crippen molar-refractivity contribution in [3.05, 3.63) is 31.5 Å². The van der Waals surface area contributed by atoms with Crippen LogP contribution >= 0.6 is 24.4 Å². The number of thioether (sulfide) groups is 1. The fraction of sp³-hybridized carbons (Fsp3) is 0.864. The lowest BCUT2D eigenvalue weighted by Crippen LogP contribution is -2.55. The standard InChI is InChI=1S/C22H41N3O6S2/c1-22(2,3)18(28)9-5-4-8-17(27)16-33-15-7-11-24-19(29)23(10-6-14-32)20(30)25(12-13-26)21(24)31/h17-18,26-28,32H,4-16H2,1-3H3. The van der Waals surface area contributed by atoms with Crippen LogP contribution in [-0.4, -0.2) is 65.1 Å². The Morgan fingerprint density at radius 2 is 1.36 bits per heavy atom. The summed E-state index contributed by atoms with van der Waals surface area (Å²) in [5.74, 6) is 1.72. The fourth-order valence-electron chi connectivity index (χ4n) is 3.36. The van der Waals surface area contributed by atoms with Gasteiger partial charge in [-0.05, 0) is 42.6 Å². The quantitative estimate of drug-likeness (QED) is 0.194. The Labute approximate surface area is 205 Å².